The lowest BCUT2D eigenvalue weighted by Crippen LogP contribution is -2.34. The standard InChI is InChI=1S/C28H36N2O4/c1-3-5-16-29(17-6-4-2)18-11-19-30-25(22-14-10-15-23(31)20-22)24(27(33)28(30)34)26(32)21-12-8-7-9-13-21/h7-10,12-15,20,25,31-32H,3-6,11,16-19H2,1-2H3/b26-24+. The van der Waals surface area contributed by atoms with E-state index in [-0.39, 0.29) is 17.1 Å². The molecule has 0 bridgehead atoms. The molecule has 0 radical (unpaired) electrons. The minimum atomic E-state index is -0.743. The molecule has 1 heterocycles. The fourth-order valence-electron chi connectivity index (χ4n) is 4.47. The average molecular weight is 465 g/mol. The van der Waals surface area contributed by atoms with Crippen LogP contribution in [0.25, 0.3) is 5.76 Å². The molecule has 0 aromatic heterocycles. The van der Waals surface area contributed by atoms with Gasteiger partial charge >= 0.3 is 0 Å². The number of aliphatic hydroxyl groups is 1. The number of aromatic hydroxyl groups is 1. The number of ketones is 1. The lowest BCUT2D eigenvalue weighted by molar-refractivity contribution is -0.140. The number of benzene rings is 2. The highest BCUT2D eigenvalue weighted by molar-refractivity contribution is 6.46. The fourth-order valence-corrected chi connectivity index (χ4v) is 4.47. The van der Waals surface area contributed by atoms with E-state index in [1.54, 1.807) is 53.4 Å². The maximum atomic E-state index is 13.1. The van der Waals surface area contributed by atoms with Gasteiger partial charge in [0.15, 0.2) is 0 Å². The second kappa shape index (κ2) is 12.4. The predicted octanol–water partition coefficient (Wildman–Crippen LogP) is 5.11. The molecule has 0 aliphatic carbocycles. The Kier molecular flexibility index (Phi) is 9.28. The van der Waals surface area contributed by atoms with E-state index in [4.69, 9.17) is 0 Å². The van der Waals surface area contributed by atoms with Gasteiger partial charge in [0.2, 0.25) is 0 Å². The zero-order chi connectivity index (χ0) is 24.5. The molecule has 1 fully saturated rings. The average Bonchev–Trinajstić information content (AvgIpc) is 3.10. The first-order valence-electron chi connectivity index (χ1n) is 12.3. The summed E-state index contributed by atoms with van der Waals surface area (Å²) in [7, 11) is 0. The van der Waals surface area contributed by atoms with E-state index in [1.165, 1.54) is 0 Å². The summed E-state index contributed by atoms with van der Waals surface area (Å²) in [6.45, 7) is 7.65. The molecule has 34 heavy (non-hydrogen) atoms. The van der Waals surface area contributed by atoms with E-state index in [9.17, 15) is 19.8 Å². The van der Waals surface area contributed by atoms with Gasteiger partial charge in [-0.15, -0.1) is 0 Å². The lowest BCUT2D eigenvalue weighted by atomic mass is 9.95. The van der Waals surface area contributed by atoms with Gasteiger partial charge in [-0.25, -0.2) is 0 Å². The van der Waals surface area contributed by atoms with Crippen molar-refractivity contribution in [3.8, 4) is 5.75 Å². The third-order valence-corrected chi connectivity index (χ3v) is 6.30. The maximum Gasteiger partial charge on any atom is 0.295 e. The smallest absolute Gasteiger partial charge is 0.295 e. The van der Waals surface area contributed by atoms with Crippen LogP contribution in [0.1, 0.15) is 63.1 Å². The second-order valence-electron chi connectivity index (χ2n) is 8.86. The van der Waals surface area contributed by atoms with E-state index in [1.807, 2.05) is 6.07 Å². The van der Waals surface area contributed by atoms with Gasteiger partial charge in [0.25, 0.3) is 11.7 Å². The summed E-state index contributed by atoms with van der Waals surface area (Å²) in [5, 5.41) is 21.1. The SMILES string of the molecule is CCCCN(CCCC)CCCN1C(=O)C(=O)/C(=C(/O)c2ccccc2)C1c1cccc(O)c1. The highest BCUT2D eigenvalue weighted by atomic mass is 16.3. The number of unbranched alkanes of at least 4 members (excludes halogenated alkanes) is 2. The monoisotopic (exact) mass is 464 g/mol. The molecule has 1 unspecified atom stereocenters. The van der Waals surface area contributed by atoms with Gasteiger partial charge < -0.3 is 20.0 Å². The Morgan fingerprint density at radius 2 is 1.56 bits per heavy atom. The Bertz CT molecular complexity index is 994. The molecule has 2 N–H and O–H groups in total. The molecule has 0 spiro atoms. The molecule has 182 valence electrons. The molecular weight excluding hydrogens is 428 g/mol. The van der Waals surface area contributed by atoms with Crippen LogP contribution < -0.4 is 0 Å². The highest BCUT2D eigenvalue weighted by Gasteiger charge is 2.45. The molecule has 2 aromatic carbocycles. The van der Waals surface area contributed by atoms with Gasteiger partial charge in [0.1, 0.15) is 11.5 Å². The second-order valence-corrected chi connectivity index (χ2v) is 8.86. The van der Waals surface area contributed by atoms with Crippen molar-refractivity contribution in [1.29, 1.82) is 0 Å². The normalized spacial score (nSPS) is 17.6. The molecule has 3 rings (SSSR count). The quantitative estimate of drug-likeness (QED) is 0.259. The van der Waals surface area contributed by atoms with Gasteiger partial charge in [-0.05, 0) is 56.6 Å². The molecular formula is C28H36N2O4. The third-order valence-electron chi connectivity index (χ3n) is 6.30. The third kappa shape index (κ3) is 6.06. The zero-order valence-electron chi connectivity index (χ0n) is 20.2. The van der Waals surface area contributed by atoms with Gasteiger partial charge in [-0.2, -0.15) is 0 Å². The van der Waals surface area contributed by atoms with Crippen LogP contribution in [-0.4, -0.2) is 57.9 Å². The highest BCUT2D eigenvalue weighted by Crippen LogP contribution is 2.40. The Labute approximate surface area is 202 Å². The summed E-state index contributed by atoms with van der Waals surface area (Å²) in [6, 6.07) is 14.6. The summed E-state index contributed by atoms with van der Waals surface area (Å²) in [5.74, 6) is -1.45. The van der Waals surface area contributed by atoms with E-state index in [0.717, 1.165) is 51.7 Å². The van der Waals surface area contributed by atoms with Gasteiger partial charge in [0, 0.05) is 12.1 Å². The number of Topliss-reactive ketones (excluding diaryl/α,β-unsaturated/α-hetero) is 1. The number of carbonyl (C=O) groups excluding carboxylic acids is 2. The Balaban J connectivity index is 1.89. The van der Waals surface area contributed by atoms with Crippen molar-refractivity contribution in [1.82, 2.24) is 9.80 Å². The maximum absolute atomic E-state index is 13.1. The van der Waals surface area contributed by atoms with Crippen molar-refractivity contribution in [2.75, 3.05) is 26.2 Å². The predicted molar refractivity (Wildman–Crippen MR) is 134 cm³/mol. The van der Waals surface area contributed by atoms with Crippen molar-refractivity contribution < 1.29 is 19.8 Å². The Hall–Kier alpha value is -3.12. The van der Waals surface area contributed by atoms with E-state index >= 15 is 0 Å². The van der Waals surface area contributed by atoms with E-state index < -0.39 is 17.7 Å². The molecule has 0 saturated carbocycles. The molecule has 1 aliphatic heterocycles. The number of aliphatic hydroxyl groups excluding tert-OH is 1. The summed E-state index contributed by atoms with van der Waals surface area (Å²) < 4.78 is 0. The Morgan fingerprint density at radius 3 is 2.18 bits per heavy atom. The fraction of sp³-hybridized carbons (Fsp3) is 0.429. The molecule has 2 aromatic rings. The summed E-state index contributed by atoms with van der Waals surface area (Å²) >= 11 is 0. The van der Waals surface area contributed by atoms with Gasteiger partial charge in [-0.1, -0.05) is 69.2 Å². The van der Waals surface area contributed by atoms with Crippen LogP contribution in [-0.2, 0) is 9.59 Å². The van der Waals surface area contributed by atoms with Crippen LogP contribution in [0.2, 0.25) is 0 Å². The first kappa shape index (κ1) is 25.5. The van der Waals surface area contributed by atoms with Crippen molar-refractivity contribution in [3.63, 3.8) is 0 Å². The Morgan fingerprint density at radius 1 is 0.912 bits per heavy atom. The van der Waals surface area contributed by atoms with Crippen LogP contribution in [0.5, 0.6) is 5.75 Å². The van der Waals surface area contributed by atoms with Crippen molar-refractivity contribution in [2.45, 2.75) is 52.0 Å². The summed E-state index contributed by atoms with van der Waals surface area (Å²) in [4.78, 5) is 30.2. The van der Waals surface area contributed by atoms with E-state index in [2.05, 4.69) is 18.7 Å². The van der Waals surface area contributed by atoms with Crippen LogP contribution in [0.15, 0.2) is 60.2 Å². The topological polar surface area (TPSA) is 81.1 Å². The number of hydrogen-bond donors (Lipinski definition) is 2. The van der Waals surface area contributed by atoms with Gasteiger partial charge in [-0.3, -0.25) is 9.59 Å². The lowest BCUT2D eigenvalue weighted by Gasteiger charge is -2.27. The molecule has 6 heteroatoms. The number of carbonyl (C=O) groups is 2. The number of phenolic OH excluding ortho intramolecular Hbond substituents is 1. The first-order chi connectivity index (χ1) is 16.5. The zero-order valence-corrected chi connectivity index (χ0v) is 20.2. The van der Waals surface area contributed by atoms with E-state index in [0.29, 0.717) is 17.7 Å². The number of hydrogen-bond acceptors (Lipinski definition) is 5. The molecule has 1 saturated heterocycles. The van der Waals surface area contributed by atoms with Crippen LogP contribution in [0.4, 0.5) is 0 Å². The number of rotatable bonds is 12. The molecule has 1 aliphatic rings. The minimum absolute atomic E-state index is 0.0492. The number of nitrogens with zero attached hydrogens (tertiary/aromatic N) is 2. The molecule has 6 nitrogen and oxygen atoms in total. The van der Waals surface area contributed by atoms with Gasteiger partial charge in [0.05, 0.1) is 11.6 Å². The molecule has 1 amide bonds. The van der Waals surface area contributed by atoms with Crippen molar-refractivity contribution >= 4 is 17.4 Å². The van der Waals surface area contributed by atoms with Crippen LogP contribution >= 0.6 is 0 Å². The minimum Gasteiger partial charge on any atom is -0.508 e. The molecule has 1 atom stereocenters. The number of likely N-dealkylation sites (tertiary alicyclic amines) is 1. The van der Waals surface area contributed by atoms with Crippen LogP contribution in [0, 0.1) is 0 Å². The van der Waals surface area contributed by atoms with Crippen molar-refractivity contribution in [3.05, 3.63) is 71.3 Å². The number of amides is 1. The number of phenols is 1. The summed E-state index contributed by atoms with van der Waals surface area (Å²) in [6.07, 6.45) is 5.26. The summed E-state index contributed by atoms with van der Waals surface area (Å²) in [5.41, 5.74) is 1.15. The first-order valence-corrected chi connectivity index (χ1v) is 12.3. The largest absolute Gasteiger partial charge is 0.508 e. The van der Waals surface area contributed by atoms with Crippen molar-refractivity contribution in [2.24, 2.45) is 0 Å². The van der Waals surface area contributed by atoms with Crippen LogP contribution in [0.3, 0.4) is 0 Å².